The van der Waals surface area contributed by atoms with Gasteiger partial charge in [-0.2, -0.15) is 0 Å². The Balaban J connectivity index is 1.86. The Morgan fingerprint density at radius 1 is 1.31 bits per heavy atom. The molecule has 0 radical (unpaired) electrons. The molecule has 9 nitrogen and oxygen atoms in total. The van der Waals surface area contributed by atoms with Crippen molar-refractivity contribution in [2.75, 3.05) is 25.0 Å². The Kier molecular flexibility index (Phi) is 6.23. The molecule has 1 aromatic rings. The molecular weight excluding hydrogens is 340 g/mol. The Bertz CT molecular complexity index is 662. The Hall–Kier alpha value is -2.58. The summed E-state index contributed by atoms with van der Waals surface area (Å²) in [6.07, 6.45) is 0.898. The highest BCUT2D eigenvalue weighted by molar-refractivity contribution is 6.09. The van der Waals surface area contributed by atoms with Gasteiger partial charge in [0.2, 0.25) is 11.8 Å². The fraction of sp³-hybridized carbons (Fsp3) is 0.647. The molecule has 1 aliphatic heterocycles. The second-order valence-corrected chi connectivity index (χ2v) is 6.84. The van der Waals surface area contributed by atoms with Gasteiger partial charge in [0.1, 0.15) is 11.2 Å². The van der Waals surface area contributed by atoms with Gasteiger partial charge in [-0.3, -0.25) is 9.59 Å². The van der Waals surface area contributed by atoms with Crippen LogP contribution in [0.2, 0.25) is 0 Å². The van der Waals surface area contributed by atoms with Crippen LogP contribution in [-0.4, -0.2) is 53.7 Å². The highest BCUT2D eigenvalue weighted by Gasteiger charge is 2.38. The third kappa shape index (κ3) is 4.74. The smallest absolute Gasteiger partial charge is 0.409 e. The molecule has 0 aromatic carbocycles. The van der Waals surface area contributed by atoms with Gasteiger partial charge in [-0.15, -0.1) is 0 Å². The van der Waals surface area contributed by atoms with Crippen LogP contribution in [0.1, 0.15) is 39.4 Å². The maximum absolute atomic E-state index is 12.6. The fourth-order valence-electron chi connectivity index (χ4n) is 2.59. The van der Waals surface area contributed by atoms with E-state index in [2.05, 4.69) is 15.8 Å². The van der Waals surface area contributed by atoms with Gasteiger partial charge in [0.15, 0.2) is 5.82 Å². The first-order valence-electron chi connectivity index (χ1n) is 8.71. The number of aryl methyl sites for hydroxylation is 1. The van der Waals surface area contributed by atoms with Crippen molar-refractivity contribution in [2.45, 2.75) is 46.6 Å². The van der Waals surface area contributed by atoms with Gasteiger partial charge in [0, 0.05) is 25.2 Å². The average Bonchev–Trinajstić information content (AvgIpc) is 3.00. The lowest BCUT2D eigenvalue weighted by Gasteiger charge is -2.33. The average molecular weight is 366 g/mol. The molecule has 9 heteroatoms. The third-order valence-electron chi connectivity index (χ3n) is 4.36. The standard InChI is InChI=1S/C17H26N4O5/c1-5-25-16(24)21-8-6-12(7-9-21)18-14(22)17(3,4)15(23)19-13-10-11(2)26-20-13/h10,12H,5-9H2,1-4H3,(H,18,22)(H,19,20,23). The van der Waals surface area contributed by atoms with Crippen molar-refractivity contribution in [1.82, 2.24) is 15.4 Å². The fourth-order valence-corrected chi connectivity index (χ4v) is 2.59. The Labute approximate surface area is 152 Å². The Morgan fingerprint density at radius 3 is 2.50 bits per heavy atom. The molecule has 0 saturated carbocycles. The second-order valence-electron chi connectivity index (χ2n) is 6.84. The van der Waals surface area contributed by atoms with E-state index in [1.807, 2.05) is 0 Å². The number of anilines is 1. The van der Waals surface area contributed by atoms with Crippen molar-refractivity contribution < 1.29 is 23.6 Å². The van der Waals surface area contributed by atoms with E-state index in [-0.39, 0.29) is 23.9 Å². The number of carbonyl (C=O) groups is 3. The molecule has 2 N–H and O–H groups in total. The zero-order valence-electron chi connectivity index (χ0n) is 15.6. The predicted octanol–water partition coefficient (Wildman–Crippen LogP) is 1.68. The number of amides is 3. The molecule has 1 aliphatic rings. The number of ether oxygens (including phenoxy) is 1. The zero-order valence-corrected chi connectivity index (χ0v) is 15.6. The van der Waals surface area contributed by atoms with E-state index < -0.39 is 11.3 Å². The van der Waals surface area contributed by atoms with E-state index in [0.717, 1.165) is 0 Å². The zero-order chi connectivity index (χ0) is 19.3. The summed E-state index contributed by atoms with van der Waals surface area (Å²) in [5, 5.41) is 9.18. The topological polar surface area (TPSA) is 114 Å². The van der Waals surface area contributed by atoms with Crippen LogP contribution in [0.5, 0.6) is 0 Å². The van der Waals surface area contributed by atoms with Gasteiger partial charge in [-0.25, -0.2) is 4.79 Å². The second kappa shape index (κ2) is 8.20. The van der Waals surface area contributed by atoms with Gasteiger partial charge in [0.25, 0.3) is 0 Å². The molecule has 0 aliphatic carbocycles. The third-order valence-corrected chi connectivity index (χ3v) is 4.36. The molecule has 0 unspecified atom stereocenters. The van der Waals surface area contributed by atoms with Crippen molar-refractivity contribution in [1.29, 1.82) is 0 Å². The lowest BCUT2D eigenvalue weighted by Crippen LogP contribution is -2.52. The minimum Gasteiger partial charge on any atom is -0.450 e. The van der Waals surface area contributed by atoms with Crippen LogP contribution < -0.4 is 10.6 Å². The van der Waals surface area contributed by atoms with Gasteiger partial charge in [-0.05, 0) is 40.5 Å². The van der Waals surface area contributed by atoms with E-state index in [9.17, 15) is 14.4 Å². The molecule has 0 atom stereocenters. The van der Waals surface area contributed by atoms with Gasteiger partial charge in [-0.1, -0.05) is 5.16 Å². The van der Waals surface area contributed by atoms with E-state index >= 15 is 0 Å². The normalized spacial score (nSPS) is 15.5. The van der Waals surface area contributed by atoms with Crippen molar-refractivity contribution in [3.05, 3.63) is 11.8 Å². The number of nitrogens with one attached hydrogen (secondary N) is 2. The molecule has 1 saturated heterocycles. The van der Waals surface area contributed by atoms with Crippen LogP contribution >= 0.6 is 0 Å². The van der Waals surface area contributed by atoms with Crippen LogP contribution in [0.3, 0.4) is 0 Å². The van der Waals surface area contributed by atoms with E-state index in [1.165, 1.54) is 0 Å². The predicted molar refractivity (Wildman–Crippen MR) is 93.4 cm³/mol. The molecule has 2 rings (SSSR count). The van der Waals surface area contributed by atoms with Crippen LogP contribution in [-0.2, 0) is 14.3 Å². The highest BCUT2D eigenvalue weighted by Crippen LogP contribution is 2.21. The maximum atomic E-state index is 12.6. The first-order valence-corrected chi connectivity index (χ1v) is 8.71. The number of rotatable bonds is 5. The van der Waals surface area contributed by atoms with E-state index in [4.69, 9.17) is 9.26 Å². The molecular formula is C17H26N4O5. The number of nitrogens with zero attached hydrogens (tertiary/aromatic N) is 2. The molecule has 144 valence electrons. The molecule has 0 bridgehead atoms. The number of likely N-dealkylation sites (tertiary alicyclic amines) is 1. The summed E-state index contributed by atoms with van der Waals surface area (Å²) < 4.78 is 9.87. The quantitative estimate of drug-likeness (QED) is 0.767. The van der Waals surface area contributed by atoms with Crippen LogP contribution in [0.4, 0.5) is 10.6 Å². The van der Waals surface area contributed by atoms with Crippen molar-refractivity contribution in [2.24, 2.45) is 5.41 Å². The highest BCUT2D eigenvalue weighted by atomic mass is 16.6. The molecule has 26 heavy (non-hydrogen) atoms. The summed E-state index contributed by atoms with van der Waals surface area (Å²) in [5.41, 5.74) is -1.27. The molecule has 1 aromatic heterocycles. The van der Waals surface area contributed by atoms with Crippen molar-refractivity contribution >= 4 is 23.7 Å². The minimum absolute atomic E-state index is 0.0884. The number of piperidine rings is 1. The lowest BCUT2D eigenvalue weighted by atomic mass is 9.90. The van der Waals surface area contributed by atoms with Crippen LogP contribution in [0, 0.1) is 12.3 Å². The number of hydrogen-bond acceptors (Lipinski definition) is 6. The van der Waals surface area contributed by atoms with Crippen molar-refractivity contribution in [3.8, 4) is 0 Å². The number of hydrogen-bond donors (Lipinski definition) is 2. The lowest BCUT2D eigenvalue weighted by molar-refractivity contribution is -0.139. The molecule has 2 heterocycles. The first-order chi connectivity index (χ1) is 12.2. The summed E-state index contributed by atoms with van der Waals surface area (Å²) in [7, 11) is 0. The summed E-state index contributed by atoms with van der Waals surface area (Å²) in [4.78, 5) is 38.3. The number of aromatic nitrogens is 1. The Morgan fingerprint density at radius 2 is 1.96 bits per heavy atom. The maximum Gasteiger partial charge on any atom is 0.409 e. The van der Waals surface area contributed by atoms with Gasteiger partial charge >= 0.3 is 6.09 Å². The first kappa shape index (κ1) is 19.7. The summed E-state index contributed by atoms with van der Waals surface area (Å²) in [5.74, 6) is 0.00379. The van der Waals surface area contributed by atoms with Crippen molar-refractivity contribution in [3.63, 3.8) is 0 Å². The number of carbonyl (C=O) groups excluding carboxylic acids is 3. The molecule has 1 fully saturated rings. The van der Waals surface area contributed by atoms with Gasteiger partial charge in [0.05, 0.1) is 6.61 Å². The van der Waals surface area contributed by atoms with Crippen LogP contribution in [0.25, 0.3) is 0 Å². The summed E-state index contributed by atoms with van der Waals surface area (Å²) in [6, 6.07) is 1.49. The largest absolute Gasteiger partial charge is 0.450 e. The summed E-state index contributed by atoms with van der Waals surface area (Å²) in [6.45, 7) is 7.94. The SMILES string of the molecule is CCOC(=O)N1CCC(NC(=O)C(C)(C)C(=O)Nc2cc(C)on2)CC1. The minimum atomic E-state index is -1.27. The monoisotopic (exact) mass is 366 g/mol. The molecule has 3 amide bonds. The molecule has 0 spiro atoms. The van der Waals surface area contributed by atoms with E-state index in [1.54, 1.807) is 38.7 Å². The van der Waals surface area contributed by atoms with Gasteiger partial charge < -0.3 is 24.8 Å². The summed E-state index contributed by atoms with van der Waals surface area (Å²) >= 11 is 0. The van der Waals surface area contributed by atoms with E-state index in [0.29, 0.717) is 38.3 Å². The van der Waals surface area contributed by atoms with Crippen LogP contribution in [0.15, 0.2) is 10.6 Å².